The minimum atomic E-state index is -0.808. The molecular weight excluding hydrogens is 877 g/mol. The van der Waals surface area contributed by atoms with Gasteiger partial charge in [0.2, 0.25) is 0 Å². The van der Waals surface area contributed by atoms with E-state index in [2.05, 4.69) is 130 Å². The molecule has 1 unspecified atom stereocenters. The van der Waals surface area contributed by atoms with E-state index in [1.54, 1.807) is 0 Å². The molecule has 0 bridgehead atoms. The Bertz CT molecular complexity index is 1460. The van der Waals surface area contributed by atoms with Gasteiger partial charge in [-0.3, -0.25) is 14.4 Å². The van der Waals surface area contributed by atoms with Crippen LogP contribution in [0.15, 0.2) is 109 Å². The van der Waals surface area contributed by atoms with Crippen molar-refractivity contribution in [2.45, 2.75) is 271 Å². The van der Waals surface area contributed by atoms with Gasteiger partial charge in [0, 0.05) is 19.3 Å². The van der Waals surface area contributed by atoms with E-state index in [0.717, 1.165) is 122 Å². The minimum absolute atomic E-state index is 0.103. The highest BCUT2D eigenvalue weighted by Gasteiger charge is 2.19. The van der Waals surface area contributed by atoms with Crippen LogP contribution in [0.4, 0.5) is 0 Å². The molecule has 0 saturated carbocycles. The van der Waals surface area contributed by atoms with Gasteiger partial charge in [0.25, 0.3) is 0 Å². The number of allylic oxidation sites excluding steroid dienone is 18. The van der Waals surface area contributed by atoms with Crippen LogP contribution < -0.4 is 0 Å². The van der Waals surface area contributed by atoms with Crippen molar-refractivity contribution in [2.75, 3.05) is 13.2 Å². The summed E-state index contributed by atoms with van der Waals surface area (Å²) in [5.74, 6) is -0.974. The smallest absolute Gasteiger partial charge is 0.306 e. The molecule has 0 rings (SSSR count). The Morgan fingerprint density at radius 3 is 0.972 bits per heavy atom. The fraction of sp³-hybridized carbons (Fsp3) is 0.677. The maximum absolute atomic E-state index is 12.9. The molecule has 404 valence electrons. The van der Waals surface area contributed by atoms with E-state index >= 15 is 0 Å². The molecule has 0 aliphatic rings. The summed E-state index contributed by atoms with van der Waals surface area (Å²) in [5, 5.41) is 0. The topological polar surface area (TPSA) is 78.9 Å². The first-order valence-electron chi connectivity index (χ1n) is 29.4. The number of carbonyl (C=O) groups excluding carboxylic acids is 3. The lowest BCUT2D eigenvalue weighted by molar-refractivity contribution is -0.167. The molecule has 0 aromatic heterocycles. The quantitative estimate of drug-likeness (QED) is 0.0261. The third kappa shape index (κ3) is 56.9. The van der Waals surface area contributed by atoms with Crippen molar-refractivity contribution in [2.24, 2.45) is 0 Å². The number of hydrogen-bond acceptors (Lipinski definition) is 6. The Kier molecular flexibility index (Phi) is 55.4. The van der Waals surface area contributed by atoms with Gasteiger partial charge in [-0.15, -0.1) is 0 Å². The fourth-order valence-electron chi connectivity index (χ4n) is 7.88. The molecule has 6 heteroatoms. The number of hydrogen-bond donors (Lipinski definition) is 0. The second-order valence-corrected chi connectivity index (χ2v) is 19.2. The van der Waals surface area contributed by atoms with Crippen LogP contribution in [0.3, 0.4) is 0 Å². The highest BCUT2D eigenvalue weighted by Crippen LogP contribution is 2.16. The first-order chi connectivity index (χ1) is 35.0. The summed E-state index contributed by atoms with van der Waals surface area (Å²) in [7, 11) is 0. The van der Waals surface area contributed by atoms with E-state index in [4.69, 9.17) is 14.2 Å². The van der Waals surface area contributed by atoms with Gasteiger partial charge < -0.3 is 14.2 Å². The van der Waals surface area contributed by atoms with Gasteiger partial charge in [-0.05, 0) is 96.3 Å². The molecule has 0 aliphatic heterocycles. The van der Waals surface area contributed by atoms with Gasteiger partial charge in [0.05, 0.1) is 0 Å². The van der Waals surface area contributed by atoms with Crippen molar-refractivity contribution in [3.05, 3.63) is 109 Å². The van der Waals surface area contributed by atoms with E-state index in [1.807, 2.05) is 0 Å². The van der Waals surface area contributed by atoms with Gasteiger partial charge in [0.15, 0.2) is 6.10 Å². The van der Waals surface area contributed by atoms with Gasteiger partial charge in [0.1, 0.15) is 13.2 Å². The number of unbranched alkanes of at least 4 members (excludes halogenated alkanes) is 23. The number of esters is 3. The highest BCUT2D eigenvalue weighted by atomic mass is 16.6. The molecule has 0 heterocycles. The summed E-state index contributed by atoms with van der Waals surface area (Å²) in [6.45, 7) is 6.41. The van der Waals surface area contributed by atoms with E-state index < -0.39 is 6.10 Å². The molecule has 6 nitrogen and oxygen atoms in total. The van der Waals surface area contributed by atoms with Crippen LogP contribution in [0, 0.1) is 0 Å². The Morgan fingerprint density at radius 2 is 0.592 bits per heavy atom. The Balaban J connectivity index is 4.47. The second kappa shape index (κ2) is 58.6. The standard InChI is InChI=1S/C65H108O6/c1-4-7-10-13-16-19-22-25-27-29-30-31-32-33-34-36-37-40-43-46-49-52-55-58-64(67)70-61-62(60-69-63(66)57-54-51-48-45-42-39-24-21-18-15-12-9-6-3)71-65(68)59-56-53-50-47-44-41-38-35-28-26-23-20-17-14-11-8-5-2/h7,10,12,15-16,19,21,24-25,27,30-31,33-34,37,40,46,49,62H,4-6,8-9,11,13-14,17-18,20,22-23,26,28-29,32,35-36,38-39,41-45,47-48,50-61H2,1-3H3/b10-7-,15-12-,19-16-,24-21-,27-25-,31-30-,34-33-,40-37-,49-46-. The van der Waals surface area contributed by atoms with Crippen molar-refractivity contribution in [3.63, 3.8) is 0 Å². The lowest BCUT2D eigenvalue weighted by Gasteiger charge is -2.18. The van der Waals surface area contributed by atoms with Crippen molar-refractivity contribution >= 4 is 17.9 Å². The lowest BCUT2D eigenvalue weighted by atomic mass is 10.0. The van der Waals surface area contributed by atoms with Crippen molar-refractivity contribution in [3.8, 4) is 0 Å². The van der Waals surface area contributed by atoms with Crippen LogP contribution in [0.2, 0.25) is 0 Å². The normalized spacial score (nSPS) is 12.9. The number of carbonyl (C=O) groups is 3. The first-order valence-corrected chi connectivity index (χ1v) is 29.4. The van der Waals surface area contributed by atoms with Crippen LogP contribution >= 0.6 is 0 Å². The molecule has 71 heavy (non-hydrogen) atoms. The average Bonchev–Trinajstić information content (AvgIpc) is 3.37. The monoisotopic (exact) mass is 985 g/mol. The molecule has 1 atom stereocenters. The van der Waals surface area contributed by atoms with Crippen LogP contribution in [-0.2, 0) is 28.6 Å². The summed E-state index contributed by atoms with van der Waals surface area (Å²) >= 11 is 0. The molecule has 0 amide bonds. The van der Waals surface area contributed by atoms with Crippen LogP contribution in [0.5, 0.6) is 0 Å². The Labute approximate surface area is 438 Å². The Morgan fingerprint density at radius 1 is 0.296 bits per heavy atom. The summed E-state index contributed by atoms with van der Waals surface area (Å²) in [4.78, 5) is 38.2. The van der Waals surface area contributed by atoms with E-state index in [-0.39, 0.29) is 37.5 Å². The minimum Gasteiger partial charge on any atom is -0.462 e. The molecule has 0 fully saturated rings. The summed E-state index contributed by atoms with van der Waals surface area (Å²) in [6, 6.07) is 0. The van der Waals surface area contributed by atoms with Crippen molar-refractivity contribution in [1.29, 1.82) is 0 Å². The SMILES string of the molecule is CC/C=C\C/C=C\C/C=C\C/C=C\C/C=C\C/C=C\C/C=C\CCCC(=O)OCC(COC(=O)CCCCCCC/C=C\C/C=C\CCC)OC(=O)CCCCCCCCCCCCCCCCCCC. The zero-order valence-corrected chi connectivity index (χ0v) is 46.2. The van der Waals surface area contributed by atoms with Crippen molar-refractivity contribution in [1.82, 2.24) is 0 Å². The lowest BCUT2D eigenvalue weighted by Crippen LogP contribution is -2.30. The highest BCUT2D eigenvalue weighted by molar-refractivity contribution is 5.71. The number of rotatable bonds is 52. The van der Waals surface area contributed by atoms with Crippen LogP contribution in [0.1, 0.15) is 265 Å². The zero-order valence-electron chi connectivity index (χ0n) is 46.2. The predicted molar refractivity (Wildman–Crippen MR) is 307 cm³/mol. The summed E-state index contributed by atoms with van der Waals surface area (Å²) < 4.78 is 16.8. The number of ether oxygens (including phenoxy) is 3. The van der Waals surface area contributed by atoms with Crippen LogP contribution in [-0.4, -0.2) is 37.2 Å². The van der Waals surface area contributed by atoms with Gasteiger partial charge >= 0.3 is 17.9 Å². The largest absolute Gasteiger partial charge is 0.462 e. The zero-order chi connectivity index (χ0) is 51.4. The van der Waals surface area contributed by atoms with E-state index in [0.29, 0.717) is 19.3 Å². The Hall–Kier alpha value is -3.93. The molecule has 0 aromatic carbocycles. The molecule has 0 aromatic rings. The maximum atomic E-state index is 12.9. The molecular formula is C65H108O6. The molecule has 0 saturated heterocycles. The van der Waals surface area contributed by atoms with Gasteiger partial charge in [-0.1, -0.05) is 259 Å². The first kappa shape index (κ1) is 67.1. The van der Waals surface area contributed by atoms with E-state index in [1.165, 1.54) is 96.3 Å². The summed E-state index contributed by atoms with van der Waals surface area (Å²) in [6.07, 6.45) is 79.4. The van der Waals surface area contributed by atoms with Gasteiger partial charge in [-0.25, -0.2) is 0 Å². The third-order valence-corrected chi connectivity index (χ3v) is 12.2. The summed E-state index contributed by atoms with van der Waals surface area (Å²) in [5.41, 5.74) is 0. The molecule has 0 radical (unpaired) electrons. The fourth-order valence-corrected chi connectivity index (χ4v) is 7.88. The predicted octanol–water partition coefficient (Wildman–Crippen LogP) is 19.9. The van der Waals surface area contributed by atoms with Crippen molar-refractivity contribution < 1.29 is 28.6 Å². The average molecular weight is 986 g/mol. The molecule has 0 spiro atoms. The van der Waals surface area contributed by atoms with Crippen LogP contribution in [0.25, 0.3) is 0 Å². The third-order valence-electron chi connectivity index (χ3n) is 12.2. The molecule has 0 aliphatic carbocycles. The maximum Gasteiger partial charge on any atom is 0.306 e. The molecule has 0 N–H and O–H groups in total. The van der Waals surface area contributed by atoms with Gasteiger partial charge in [-0.2, -0.15) is 0 Å². The second-order valence-electron chi connectivity index (χ2n) is 19.2. The van der Waals surface area contributed by atoms with E-state index in [9.17, 15) is 14.4 Å².